The molecule has 2 aliphatic heterocycles. The zero-order valence-corrected chi connectivity index (χ0v) is 9.80. The Morgan fingerprint density at radius 2 is 1.87 bits per heavy atom. The third kappa shape index (κ3) is 3.96. The highest BCUT2D eigenvalue weighted by Crippen LogP contribution is 2.13. The predicted molar refractivity (Wildman–Crippen MR) is 65.1 cm³/mol. The lowest BCUT2D eigenvalue weighted by molar-refractivity contribution is 0.335. The van der Waals surface area contributed by atoms with E-state index in [0.29, 0.717) is 0 Å². The number of piperidine rings is 1. The summed E-state index contributed by atoms with van der Waals surface area (Å²) in [5, 5.41) is 3.40. The lowest BCUT2D eigenvalue weighted by atomic mass is 10.0. The van der Waals surface area contributed by atoms with Crippen LogP contribution in [0.1, 0.15) is 38.5 Å². The topological polar surface area (TPSA) is 15.3 Å². The largest absolute Gasteiger partial charge is 0.316 e. The van der Waals surface area contributed by atoms with Crippen LogP contribution in [-0.4, -0.2) is 37.6 Å². The maximum absolute atomic E-state index is 3.40. The highest BCUT2D eigenvalue weighted by molar-refractivity contribution is 5.05. The minimum atomic E-state index is 1.19. The molecule has 0 aromatic carbocycles. The molecule has 0 atom stereocenters. The highest BCUT2D eigenvalue weighted by atomic mass is 15.1. The summed E-state index contributed by atoms with van der Waals surface area (Å²) in [6.45, 7) is 6.40. The van der Waals surface area contributed by atoms with Crippen molar-refractivity contribution < 1.29 is 0 Å². The fraction of sp³-hybridized carbons (Fsp3) is 0.846. The van der Waals surface area contributed by atoms with E-state index >= 15 is 0 Å². The summed E-state index contributed by atoms with van der Waals surface area (Å²) >= 11 is 0. The van der Waals surface area contributed by atoms with Crippen molar-refractivity contribution in [2.45, 2.75) is 38.5 Å². The molecule has 0 aliphatic carbocycles. The Hall–Kier alpha value is -0.340. The molecule has 2 saturated heterocycles. The van der Waals surface area contributed by atoms with Crippen molar-refractivity contribution in [2.75, 3.05) is 32.7 Å². The first-order valence-corrected chi connectivity index (χ1v) is 6.56. The standard InChI is InChI=1S/C13H24N2/c1(2-10-15-11-3-4-12-15)5-13-6-8-14-9-7-13/h5,14H,1-4,6-12H2. The smallest absolute Gasteiger partial charge is 0.00115 e. The van der Waals surface area contributed by atoms with Crippen LogP contribution in [0.3, 0.4) is 0 Å². The molecule has 2 fully saturated rings. The van der Waals surface area contributed by atoms with Gasteiger partial charge in [-0.2, -0.15) is 0 Å². The minimum absolute atomic E-state index is 1.19. The summed E-state index contributed by atoms with van der Waals surface area (Å²) in [5.74, 6) is 0. The summed E-state index contributed by atoms with van der Waals surface area (Å²) in [6.07, 6.45) is 10.6. The predicted octanol–water partition coefficient (Wildman–Crippen LogP) is 2.17. The van der Waals surface area contributed by atoms with Crippen LogP contribution in [0.4, 0.5) is 0 Å². The molecule has 2 rings (SSSR count). The number of hydrogen-bond donors (Lipinski definition) is 1. The maximum atomic E-state index is 3.40. The van der Waals surface area contributed by atoms with Crippen molar-refractivity contribution in [3.8, 4) is 0 Å². The van der Waals surface area contributed by atoms with Crippen LogP contribution in [0.5, 0.6) is 0 Å². The van der Waals surface area contributed by atoms with Crippen LogP contribution in [0.25, 0.3) is 0 Å². The van der Waals surface area contributed by atoms with Gasteiger partial charge in [0.2, 0.25) is 0 Å². The first kappa shape index (κ1) is 11.2. The normalized spacial score (nSPS) is 23.3. The van der Waals surface area contributed by atoms with Gasteiger partial charge in [-0.3, -0.25) is 0 Å². The average Bonchev–Trinajstić information content (AvgIpc) is 2.79. The quantitative estimate of drug-likeness (QED) is 0.562. The second-order valence-corrected chi connectivity index (χ2v) is 4.80. The van der Waals surface area contributed by atoms with E-state index in [1.54, 1.807) is 5.57 Å². The van der Waals surface area contributed by atoms with E-state index in [-0.39, 0.29) is 0 Å². The molecular formula is C13H24N2. The first-order chi connectivity index (χ1) is 7.45. The Morgan fingerprint density at radius 1 is 1.13 bits per heavy atom. The van der Waals surface area contributed by atoms with E-state index in [4.69, 9.17) is 0 Å². The van der Waals surface area contributed by atoms with Gasteiger partial charge in [0, 0.05) is 0 Å². The summed E-state index contributed by atoms with van der Waals surface area (Å²) in [7, 11) is 0. The number of nitrogens with zero attached hydrogens (tertiary/aromatic N) is 1. The SMILES string of the molecule is C(CCCN1CCCC1)=C1CCNCC1. The average molecular weight is 208 g/mol. The van der Waals surface area contributed by atoms with Crippen molar-refractivity contribution >= 4 is 0 Å². The lowest BCUT2D eigenvalue weighted by Crippen LogP contribution is -2.23. The summed E-state index contributed by atoms with van der Waals surface area (Å²) in [5.41, 5.74) is 1.69. The van der Waals surface area contributed by atoms with Gasteiger partial charge in [-0.15, -0.1) is 0 Å². The van der Waals surface area contributed by atoms with E-state index < -0.39 is 0 Å². The zero-order chi connectivity index (χ0) is 10.3. The van der Waals surface area contributed by atoms with Crippen LogP contribution < -0.4 is 5.32 Å². The molecule has 0 unspecified atom stereocenters. The van der Waals surface area contributed by atoms with Gasteiger partial charge in [0.05, 0.1) is 0 Å². The molecule has 0 radical (unpaired) electrons. The number of unbranched alkanes of at least 4 members (excludes halogenated alkanes) is 1. The van der Waals surface area contributed by atoms with Crippen molar-refractivity contribution in [3.63, 3.8) is 0 Å². The monoisotopic (exact) mass is 208 g/mol. The Bertz CT molecular complexity index is 197. The Labute approximate surface area is 93.7 Å². The number of allylic oxidation sites excluding steroid dienone is 1. The molecule has 0 amide bonds. The molecule has 0 bridgehead atoms. The van der Waals surface area contributed by atoms with Gasteiger partial charge in [0.25, 0.3) is 0 Å². The summed E-state index contributed by atoms with van der Waals surface area (Å²) in [6, 6.07) is 0. The Morgan fingerprint density at radius 3 is 2.60 bits per heavy atom. The van der Waals surface area contributed by atoms with E-state index in [9.17, 15) is 0 Å². The minimum Gasteiger partial charge on any atom is -0.316 e. The molecule has 15 heavy (non-hydrogen) atoms. The summed E-state index contributed by atoms with van der Waals surface area (Å²) < 4.78 is 0. The molecule has 0 spiro atoms. The van der Waals surface area contributed by atoms with Gasteiger partial charge in [-0.25, -0.2) is 0 Å². The van der Waals surface area contributed by atoms with Crippen molar-refractivity contribution in [1.82, 2.24) is 10.2 Å². The molecule has 2 heteroatoms. The Balaban J connectivity index is 1.56. The number of nitrogens with one attached hydrogen (secondary N) is 1. The molecular weight excluding hydrogens is 184 g/mol. The van der Waals surface area contributed by atoms with Crippen LogP contribution in [0.2, 0.25) is 0 Å². The fourth-order valence-electron chi connectivity index (χ4n) is 2.58. The van der Waals surface area contributed by atoms with E-state index in [1.807, 2.05) is 0 Å². The van der Waals surface area contributed by atoms with Crippen LogP contribution in [0, 0.1) is 0 Å². The van der Waals surface area contributed by atoms with Gasteiger partial charge in [0.1, 0.15) is 0 Å². The molecule has 1 N–H and O–H groups in total. The van der Waals surface area contributed by atoms with E-state index in [0.717, 1.165) is 0 Å². The summed E-state index contributed by atoms with van der Waals surface area (Å²) in [4.78, 5) is 2.61. The second-order valence-electron chi connectivity index (χ2n) is 4.80. The van der Waals surface area contributed by atoms with E-state index in [1.165, 1.54) is 71.2 Å². The molecule has 2 aliphatic rings. The number of hydrogen-bond acceptors (Lipinski definition) is 2. The van der Waals surface area contributed by atoms with Crippen LogP contribution in [0.15, 0.2) is 11.6 Å². The van der Waals surface area contributed by atoms with Crippen molar-refractivity contribution in [1.29, 1.82) is 0 Å². The van der Waals surface area contributed by atoms with Gasteiger partial charge >= 0.3 is 0 Å². The van der Waals surface area contributed by atoms with Crippen molar-refractivity contribution in [3.05, 3.63) is 11.6 Å². The fourth-order valence-corrected chi connectivity index (χ4v) is 2.58. The number of likely N-dealkylation sites (tertiary alicyclic amines) is 1. The van der Waals surface area contributed by atoms with Gasteiger partial charge < -0.3 is 10.2 Å². The molecule has 86 valence electrons. The molecule has 0 aromatic rings. The molecule has 2 heterocycles. The Kier molecular flexibility index (Phi) is 4.68. The maximum Gasteiger partial charge on any atom is -0.00115 e. The third-order valence-electron chi connectivity index (χ3n) is 3.56. The second kappa shape index (κ2) is 6.29. The van der Waals surface area contributed by atoms with Gasteiger partial charge in [-0.1, -0.05) is 11.6 Å². The number of rotatable bonds is 4. The van der Waals surface area contributed by atoms with Gasteiger partial charge in [0.15, 0.2) is 0 Å². The highest BCUT2D eigenvalue weighted by Gasteiger charge is 2.10. The lowest BCUT2D eigenvalue weighted by Gasteiger charge is -2.16. The van der Waals surface area contributed by atoms with Gasteiger partial charge in [-0.05, 0) is 71.2 Å². The molecule has 0 aromatic heterocycles. The van der Waals surface area contributed by atoms with Crippen LogP contribution >= 0.6 is 0 Å². The zero-order valence-electron chi connectivity index (χ0n) is 9.80. The van der Waals surface area contributed by atoms with Crippen LogP contribution in [-0.2, 0) is 0 Å². The third-order valence-corrected chi connectivity index (χ3v) is 3.56. The first-order valence-electron chi connectivity index (χ1n) is 6.56. The van der Waals surface area contributed by atoms with Crippen molar-refractivity contribution in [2.24, 2.45) is 0 Å². The van der Waals surface area contributed by atoms with E-state index in [2.05, 4.69) is 16.3 Å². The molecule has 2 nitrogen and oxygen atoms in total. The molecule has 0 saturated carbocycles.